The first-order chi connectivity index (χ1) is 16.8. The van der Waals surface area contributed by atoms with Crippen LogP contribution >= 0.6 is 23.2 Å². The highest BCUT2D eigenvalue weighted by Crippen LogP contribution is 2.32. The number of amides is 1. The Bertz CT molecular complexity index is 1340. The zero-order chi connectivity index (χ0) is 25.1. The van der Waals surface area contributed by atoms with Crippen molar-refractivity contribution in [1.82, 2.24) is 4.90 Å². The van der Waals surface area contributed by atoms with E-state index in [9.17, 15) is 14.0 Å². The van der Waals surface area contributed by atoms with Gasteiger partial charge in [0.25, 0.3) is 0 Å². The lowest BCUT2D eigenvalue weighted by Gasteiger charge is -2.24. The van der Waals surface area contributed by atoms with E-state index < -0.39 is 29.7 Å². The average molecular weight is 513 g/mol. The van der Waals surface area contributed by atoms with Gasteiger partial charge in [-0.05, 0) is 29.3 Å². The third-order valence-electron chi connectivity index (χ3n) is 6.06. The number of halogens is 4. The average Bonchev–Trinajstić information content (AvgIpc) is 3.24. The second kappa shape index (κ2) is 10.6. The minimum Gasteiger partial charge on any atom is -0.329 e. The summed E-state index contributed by atoms with van der Waals surface area (Å²) in [4.78, 5) is 27.3. The van der Waals surface area contributed by atoms with Crippen molar-refractivity contribution in [3.05, 3.63) is 93.2 Å². The number of ketones is 1. The van der Waals surface area contributed by atoms with E-state index in [4.69, 9.17) is 28.5 Å². The lowest BCUT2D eigenvalue weighted by atomic mass is 9.96. The summed E-state index contributed by atoms with van der Waals surface area (Å²) in [6, 6.07) is 17.1. The molecule has 1 aliphatic heterocycles. The number of rotatable bonds is 6. The van der Waals surface area contributed by atoms with Crippen LogP contribution in [0.2, 0.25) is 10.0 Å². The Balaban J connectivity index is 1.53. The van der Waals surface area contributed by atoms with Gasteiger partial charge >= 0.3 is 0 Å². The number of benzene rings is 3. The zero-order valence-corrected chi connectivity index (χ0v) is 20.0. The van der Waals surface area contributed by atoms with Crippen LogP contribution < -0.4 is 0 Å². The maximum atomic E-state index is 15.3. The molecule has 0 N–H and O–H groups in total. The van der Waals surface area contributed by atoms with Crippen molar-refractivity contribution >= 4 is 34.9 Å². The van der Waals surface area contributed by atoms with Gasteiger partial charge in [0.05, 0.1) is 29.6 Å². The molecule has 1 amide bonds. The molecule has 0 aromatic heterocycles. The van der Waals surface area contributed by atoms with E-state index in [1.54, 1.807) is 42.5 Å². The molecule has 2 atom stereocenters. The standard InChI is InChI=1S/C27H20Cl2F2N2O2/c28-22-9-8-16(10-18(22)14-32)11-26(35)33-15-19(30)13-24(33)25(34)12-17-4-3-6-21(27(17)31)20-5-1-2-7-23(20)29/h1-10,19,24H,11-13,15H2/t19-,24+/m1/s1. The predicted molar refractivity (Wildman–Crippen MR) is 130 cm³/mol. The first-order valence-electron chi connectivity index (χ1n) is 11.0. The van der Waals surface area contributed by atoms with E-state index in [0.717, 1.165) is 0 Å². The fourth-order valence-electron chi connectivity index (χ4n) is 4.32. The number of hydrogen-bond acceptors (Lipinski definition) is 3. The van der Waals surface area contributed by atoms with Gasteiger partial charge in [0.2, 0.25) is 5.91 Å². The monoisotopic (exact) mass is 512 g/mol. The lowest BCUT2D eigenvalue weighted by Crippen LogP contribution is -2.42. The summed E-state index contributed by atoms with van der Waals surface area (Å²) in [5, 5.41) is 9.79. The highest BCUT2D eigenvalue weighted by Gasteiger charge is 2.39. The molecule has 3 aromatic rings. The topological polar surface area (TPSA) is 61.2 Å². The Hall–Kier alpha value is -3.27. The molecule has 0 saturated carbocycles. The second-order valence-corrected chi connectivity index (χ2v) is 9.21. The fraction of sp³-hybridized carbons (Fsp3) is 0.222. The third-order valence-corrected chi connectivity index (χ3v) is 6.72. The number of alkyl halides is 1. The van der Waals surface area contributed by atoms with Crippen LogP contribution in [0.25, 0.3) is 11.1 Å². The SMILES string of the molecule is N#Cc1cc(CC(=O)N2C[C@H](F)C[C@H]2C(=O)Cc2cccc(-c3ccccc3Cl)c2F)ccc1Cl. The van der Waals surface area contributed by atoms with Crippen molar-refractivity contribution in [2.24, 2.45) is 0 Å². The second-order valence-electron chi connectivity index (χ2n) is 8.40. The molecule has 0 unspecified atom stereocenters. The number of carbonyl (C=O) groups excluding carboxylic acids is 2. The number of hydrogen-bond donors (Lipinski definition) is 0. The summed E-state index contributed by atoms with van der Waals surface area (Å²) in [7, 11) is 0. The van der Waals surface area contributed by atoms with Crippen LogP contribution in [-0.4, -0.2) is 35.3 Å². The molecule has 0 radical (unpaired) electrons. The number of carbonyl (C=O) groups is 2. The molecule has 1 fully saturated rings. The number of nitrogens with zero attached hydrogens (tertiary/aromatic N) is 2. The molecule has 0 aliphatic carbocycles. The zero-order valence-electron chi connectivity index (χ0n) is 18.5. The minimum atomic E-state index is -1.35. The first kappa shape index (κ1) is 24.8. The van der Waals surface area contributed by atoms with Gasteiger partial charge in [0, 0.05) is 29.0 Å². The maximum absolute atomic E-state index is 15.3. The van der Waals surface area contributed by atoms with Crippen molar-refractivity contribution in [2.75, 3.05) is 6.54 Å². The van der Waals surface area contributed by atoms with Crippen LogP contribution in [0.5, 0.6) is 0 Å². The molecule has 0 bridgehead atoms. The van der Waals surface area contributed by atoms with Crippen LogP contribution in [0, 0.1) is 17.1 Å². The summed E-state index contributed by atoms with van der Waals surface area (Å²) in [6.45, 7) is -0.212. The van der Waals surface area contributed by atoms with Crippen LogP contribution in [0.3, 0.4) is 0 Å². The summed E-state index contributed by atoms with van der Waals surface area (Å²) in [5.41, 5.74) is 1.67. The Labute approximate surface area is 211 Å². The van der Waals surface area contributed by atoms with Crippen LogP contribution in [0.15, 0.2) is 60.7 Å². The molecular weight excluding hydrogens is 493 g/mol. The van der Waals surface area contributed by atoms with Gasteiger partial charge in [-0.15, -0.1) is 0 Å². The van der Waals surface area contributed by atoms with Gasteiger partial charge in [-0.1, -0.05) is 65.7 Å². The fourth-order valence-corrected chi connectivity index (χ4v) is 4.72. The van der Waals surface area contributed by atoms with Gasteiger partial charge < -0.3 is 4.90 Å². The minimum absolute atomic E-state index is 0.112. The maximum Gasteiger partial charge on any atom is 0.227 e. The molecular formula is C27H20Cl2F2N2O2. The molecule has 1 heterocycles. The number of nitriles is 1. The molecule has 178 valence electrons. The van der Waals surface area contributed by atoms with E-state index in [2.05, 4.69) is 0 Å². The van der Waals surface area contributed by atoms with Crippen LogP contribution in [-0.2, 0) is 22.4 Å². The van der Waals surface area contributed by atoms with E-state index in [1.165, 1.54) is 23.1 Å². The van der Waals surface area contributed by atoms with Gasteiger partial charge in [0.15, 0.2) is 5.78 Å². The molecule has 0 spiro atoms. The van der Waals surface area contributed by atoms with E-state index in [0.29, 0.717) is 16.1 Å². The van der Waals surface area contributed by atoms with Crippen molar-refractivity contribution in [2.45, 2.75) is 31.5 Å². The van der Waals surface area contributed by atoms with E-state index >= 15 is 4.39 Å². The largest absolute Gasteiger partial charge is 0.329 e. The summed E-state index contributed by atoms with van der Waals surface area (Å²) < 4.78 is 29.6. The Morgan fingerprint density at radius 3 is 2.49 bits per heavy atom. The van der Waals surface area contributed by atoms with E-state index in [-0.39, 0.29) is 47.5 Å². The summed E-state index contributed by atoms with van der Waals surface area (Å²) in [6.07, 6.45) is -1.89. The number of Topliss-reactive ketones (excluding diaryl/α,β-unsaturated/α-hetero) is 1. The van der Waals surface area contributed by atoms with Crippen LogP contribution in [0.1, 0.15) is 23.1 Å². The highest BCUT2D eigenvalue weighted by molar-refractivity contribution is 6.33. The Morgan fingerprint density at radius 1 is 1.00 bits per heavy atom. The van der Waals surface area contributed by atoms with Gasteiger partial charge in [-0.3, -0.25) is 9.59 Å². The molecule has 1 saturated heterocycles. The predicted octanol–water partition coefficient (Wildman–Crippen LogP) is 5.96. The first-order valence-corrected chi connectivity index (χ1v) is 11.7. The summed E-state index contributed by atoms with van der Waals surface area (Å²) in [5.74, 6) is -1.46. The summed E-state index contributed by atoms with van der Waals surface area (Å²) >= 11 is 12.2. The van der Waals surface area contributed by atoms with E-state index in [1.807, 2.05) is 6.07 Å². The van der Waals surface area contributed by atoms with Crippen molar-refractivity contribution < 1.29 is 18.4 Å². The molecule has 1 aliphatic rings. The quantitative estimate of drug-likeness (QED) is 0.409. The third kappa shape index (κ3) is 5.37. The Morgan fingerprint density at radius 2 is 1.74 bits per heavy atom. The Kier molecular flexibility index (Phi) is 7.49. The van der Waals surface area contributed by atoms with Crippen molar-refractivity contribution in [3.8, 4) is 17.2 Å². The molecule has 4 nitrogen and oxygen atoms in total. The van der Waals surface area contributed by atoms with Crippen LogP contribution in [0.4, 0.5) is 8.78 Å². The van der Waals surface area contributed by atoms with Gasteiger partial charge in [-0.2, -0.15) is 5.26 Å². The number of likely N-dealkylation sites (tertiary alicyclic amines) is 1. The molecule has 8 heteroatoms. The van der Waals surface area contributed by atoms with Gasteiger partial charge in [-0.25, -0.2) is 8.78 Å². The molecule has 3 aromatic carbocycles. The highest BCUT2D eigenvalue weighted by atomic mass is 35.5. The van der Waals surface area contributed by atoms with Crippen molar-refractivity contribution in [3.63, 3.8) is 0 Å². The normalized spacial score (nSPS) is 17.3. The molecule has 35 heavy (non-hydrogen) atoms. The molecule has 4 rings (SSSR count). The van der Waals surface area contributed by atoms with Gasteiger partial charge in [0.1, 0.15) is 18.1 Å². The lowest BCUT2D eigenvalue weighted by molar-refractivity contribution is -0.136. The smallest absolute Gasteiger partial charge is 0.227 e. The van der Waals surface area contributed by atoms with Crippen molar-refractivity contribution in [1.29, 1.82) is 5.26 Å².